The van der Waals surface area contributed by atoms with E-state index in [1.165, 1.54) is 11.3 Å². The molecule has 3 heteroatoms. The van der Waals surface area contributed by atoms with Gasteiger partial charge in [0.1, 0.15) is 0 Å². The number of benzene rings is 1. The largest absolute Gasteiger partial charge is 0.274 e. The molecule has 1 heterocycles. The van der Waals surface area contributed by atoms with Crippen LogP contribution in [0.25, 0.3) is 0 Å². The van der Waals surface area contributed by atoms with E-state index in [1.54, 1.807) is 0 Å². The number of imide groups is 1. The molecule has 3 fully saturated rings. The molecule has 5 aliphatic rings. The molecule has 6 rings (SSSR count). The minimum absolute atomic E-state index is 0.0264. The minimum Gasteiger partial charge on any atom is -0.274 e. The second-order valence-electron chi connectivity index (χ2n) is 7.00. The highest BCUT2D eigenvalue weighted by Crippen LogP contribution is 2.65. The lowest BCUT2D eigenvalue weighted by molar-refractivity contribution is -0.124. The summed E-state index contributed by atoms with van der Waals surface area (Å²) in [6, 6.07) is 7.70. The van der Waals surface area contributed by atoms with Gasteiger partial charge in [-0.05, 0) is 49.1 Å². The van der Waals surface area contributed by atoms with Crippen molar-refractivity contribution in [1.82, 2.24) is 0 Å². The summed E-state index contributed by atoms with van der Waals surface area (Å²) in [5.74, 6) is 1.79. The van der Waals surface area contributed by atoms with Gasteiger partial charge in [-0.15, -0.1) is 0 Å². The first-order valence-electron chi connectivity index (χ1n) is 7.79. The number of aryl methyl sites for hydroxylation is 1. The van der Waals surface area contributed by atoms with Crippen LogP contribution in [0.2, 0.25) is 0 Å². The third kappa shape index (κ3) is 1.34. The van der Waals surface area contributed by atoms with Gasteiger partial charge in [-0.25, -0.2) is 0 Å². The van der Waals surface area contributed by atoms with E-state index in [0.29, 0.717) is 23.7 Å². The van der Waals surface area contributed by atoms with E-state index in [2.05, 4.69) is 12.2 Å². The maximum atomic E-state index is 12.9. The van der Waals surface area contributed by atoms with Crippen LogP contribution in [0.4, 0.5) is 5.69 Å². The Kier molecular flexibility index (Phi) is 2.04. The van der Waals surface area contributed by atoms with Gasteiger partial charge < -0.3 is 0 Å². The Morgan fingerprint density at radius 1 is 0.905 bits per heavy atom. The normalized spacial score (nSPS) is 42.2. The van der Waals surface area contributed by atoms with Gasteiger partial charge in [-0.3, -0.25) is 14.5 Å². The second kappa shape index (κ2) is 3.65. The summed E-state index contributed by atoms with van der Waals surface area (Å²) in [5.41, 5.74) is 1.87. The predicted molar refractivity (Wildman–Crippen MR) is 78.4 cm³/mol. The molecule has 2 amide bonds. The third-order valence-electron chi connectivity index (χ3n) is 5.95. The molecule has 106 valence electrons. The molecule has 1 aromatic rings. The second-order valence-corrected chi connectivity index (χ2v) is 7.00. The zero-order valence-corrected chi connectivity index (χ0v) is 11.9. The standard InChI is InChI=1S/C18H17NO2/c1-9-2-4-10(5-3-9)19-17(20)15-11-6-7-12(14-8-13(11)14)16(15)18(19)21/h2-7,11-16H,8H2,1H3/t11-,12+,13-,14-,15+,16-/m1/s1. The van der Waals surface area contributed by atoms with Crippen molar-refractivity contribution in [3.63, 3.8) is 0 Å². The minimum atomic E-state index is -0.0995. The van der Waals surface area contributed by atoms with Crippen LogP contribution in [0.3, 0.4) is 0 Å². The smallest absolute Gasteiger partial charge is 0.238 e. The fraction of sp³-hybridized carbons (Fsp3) is 0.444. The Balaban J connectivity index is 1.58. The highest BCUT2D eigenvalue weighted by molar-refractivity contribution is 6.22. The molecule has 6 atom stereocenters. The molecule has 0 spiro atoms. The van der Waals surface area contributed by atoms with Gasteiger partial charge in [-0.1, -0.05) is 29.8 Å². The highest BCUT2D eigenvalue weighted by atomic mass is 16.2. The van der Waals surface area contributed by atoms with Crippen LogP contribution in [0.15, 0.2) is 36.4 Å². The van der Waals surface area contributed by atoms with Gasteiger partial charge in [0, 0.05) is 0 Å². The van der Waals surface area contributed by atoms with E-state index in [0.717, 1.165) is 11.3 Å². The summed E-state index contributed by atoms with van der Waals surface area (Å²) in [7, 11) is 0. The Morgan fingerprint density at radius 2 is 1.43 bits per heavy atom. The molecular formula is C18H17NO2. The number of allylic oxidation sites excluding steroid dienone is 2. The predicted octanol–water partition coefficient (Wildman–Crippen LogP) is 2.55. The van der Waals surface area contributed by atoms with Crippen molar-refractivity contribution in [3.8, 4) is 0 Å². The average Bonchev–Trinajstić information content (AvgIpc) is 3.26. The van der Waals surface area contributed by atoms with E-state index in [-0.39, 0.29) is 23.7 Å². The van der Waals surface area contributed by atoms with Gasteiger partial charge in [0.05, 0.1) is 17.5 Å². The zero-order valence-electron chi connectivity index (χ0n) is 11.9. The van der Waals surface area contributed by atoms with Crippen molar-refractivity contribution in [2.24, 2.45) is 35.5 Å². The monoisotopic (exact) mass is 279 g/mol. The number of hydrogen-bond acceptors (Lipinski definition) is 2. The lowest BCUT2D eigenvalue weighted by Crippen LogP contribution is -2.40. The number of rotatable bonds is 1. The summed E-state index contributed by atoms with van der Waals surface area (Å²) in [6.07, 6.45) is 5.63. The lowest BCUT2D eigenvalue weighted by Gasteiger charge is -2.37. The lowest BCUT2D eigenvalue weighted by atomic mass is 9.63. The summed E-state index contributed by atoms with van der Waals surface area (Å²) in [6.45, 7) is 2.01. The molecular weight excluding hydrogens is 262 g/mol. The fourth-order valence-corrected chi connectivity index (χ4v) is 4.91. The maximum absolute atomic E-state index is 12.9. The number of anilines is 1. The van der Waals surface area contributed by atoms with Gasteiger partial charge in [0.15, 0.2) is 0 Å². The first-order chi connectivity index (χ1) is 10.2. The van der Waals surface area contributed by atoms with E-state index >= 15 is 0 Å². The number of hydrogen-bond donors (Lipinski definition) is 0. The van der Waals surface area contributed by atoms with Crippen LogP contribution in [0.5, 0.6) is 0 Å². The van der Waals surface area contributed by atoms with Crippen LogP contribution in [-0.4, -0.2) is 11.8 Å². The quantitative estimate of drug-likeness (QED) is 0.585. The van der Waals surface area contributed by atoms with Crippen LogP contribution < -0.4 is 4.90 Å². The number of carbonyl (C=O) groups excluding carboxylic acids is 2. The first-order valence-corrected chi connectivity index (χ1v) is 7.79. The van der Waals surface area contributed by atoms with Crippen LogP contribution >= 0.6 is 0 Å². The van der Waals surface area contributed by atoms with Gasteiger partial charge in [-0.2, -0.15) is 0 Å². The molecule has 0 unspecified atom stereocenters. The fourth-order valence-electron chi connectivity index (χ4n) is 4.91. The molecule has 1 aliphatic heterocycles. The van der Waals surface area contributed by atoms with Crippen molar-refractivity contribution in [1.29, 1.82) is 0 Å². The third-order valence-corrected chi connectivity index (χ3v) is 5.95. The summed E-state index contributed by atoms with van der Waals surface area (Å²) in [4.78, 5) is 27.2. The Hall–Kier alpha value is -1.90. The van der Waals surface area contributed by atoms with Crippen molar-refractivity contribution in [2.75, 3.05) is 4.90 Å². The zero-order chi connectivity index (χ0) is 14.3. The molecule has 0 radical (unpaired) electrons. The number of nitrogens with zero attached hydrogens (tertiary/aromatic N) is 1. The summed E-state index contributed by atoms with van der Waals surface area (Å²) >= 11 is 0. The van der Waals surface area contributed by atoms with E-state index in [9.17, 15) is 9.59 Å². The van der Waals surface area contributed by atoms with Crippen LogP contribution in [0.1, 0.15) is 12.0 Å². The van der Waals surface area contributed by atoms with E-state index < -0.39 is 0 Å². The molecule has 0 N–H and O–H groups in total. The van der Waals surface area contributed by atoms with E-state index in [4.69, 9.17) is 0 Å². The van der Waals surface area contributed by atoms with Crippen molar-refractivity contribution >= 4 is 17.5 Å². The highest BCUT2D eigenvalue weighted by Gasteiger charge is 2.67. The first kappa shape index (κ1) is 11.7. The molecule has 0 aromatic heterocycles. The van der Waals surface area contributed by atoms with Gasteiger partial charge in [0.2, 0.25) is 11.8 Å². The molecule has 1 saturated heterocycles. The van der Waals surface area contributed by atoms with Gasteiger partial charge in [0.25, 0.3) is 0 Å². The molecule has 3 nitrogen and oxygen atoms in total. The Labute approximate surface area is 123 Å². The molecule has 21 heavy (non-hydrogen) atoms. The Morgan fingerprint density at radius 3 is 1.95 bits per heavy atom. The topological polar surface area (TPSA) is 37.4 Å². The van der Waals surface area contributed by atoms with Gasteiger partial charge >= 0.3 is 0 Å². The summed E-state index contributed by atoms with van der Waals surface area (Å²) in [5, 5.41) is 0. The SMILES string of the molecule is Cc1ccc(N2C(=O)[C@@H]3[C@H]4C=C[C@H]([C@H]5C[C@H]45)[C@@H]3C2=O)cc1. The van der Waals surface area contributed by atoms with Crippen molar-refractivity contribution in [3.05, 3.63) is 42.0 Å². The summed E-state index contributed by atoms with van der Waals surface area (Å²) < 4.78 is 0. The molecule has 1 aromatic carbocycles. The Bertz CT molecular complexity index is 654. The molecule has 4 aliphatic carbocycles. The molecule has 2 bridgehead atoms. The van der Waals surface area contributed by atoms with Crippen LogP contribution in [-0.2, 0) is 9.59 Å². The maximum Gasteiger partial charge on any atom is 0.238 e. The van der Waals surface area contributed by atoms with E-state index in [1.807, 2.05) is 31.2 Å². The average molecular weight is 279 g/mol. The van der Waals surface area contributed by atoms with Crippen molar-refractivity contribution < 1.29 is 9.59 Å². The molecule has 2 saturated carbocycles. The number of amides is 2. The van der Waals surface area contributed by atoms with Crippen molar-refractivity contribution in [2.45, 2.75) is 13.3 Å². The number of carbonyl (C=O) groups is 2. The van der Waals surface area contributed by atoms with Crippen LogP contribution in [0, 0.1) is 42.4 Å².